The van der Waals surface area contributed by atoms with Crippen LogP contribution in [-0.4, -0.2) is 16.3 Å². The van der Waals surface area contributed by atoms with Gasteiger partial charge >= 0.3 is 0 Å². The van der Waals surface area contributed by atoms with Crippen LogP contribution in [0.25, 0.3) is 17.4 Å². The molecular formula is C20H12BrNO4S. The first-order chi connectivity index (χ1) is 13.0. The highest BCUT2D eigenvalue weighted by atomic mass is 79.9. The molecule has 1 N–H and O–H groups in total. The standard InChI is InChI=1S/C20H12BrNO4S/c21-13-6-4-12(5-7-13)17-9-8-16(26-17)11-18-19(24)22(20(25)27-18)14-2-1-3-15(23)10-14/h1-11,23H/b18-11+. The van der Waals surface area contributed by atoms with E-state index < -0.39 is 11.1 Å². The van der Waals surface area contributed by atoms with E-state index in [1.54, 1.807) is 24.3 Å². The van der Waals surface area contributed by atoms with Crippen molar-refractivity contribution in [2.45, 2.75) is 0 Å². The van der Waals surface area contributed by atoms with Crippen LogP contribution in [0.4, 0.5) is 10.5 Å². The second-order valence-corrected chi connectivity index (χ2v) is 7.65. The van der Waals surface area contributed by atoms with Gasteiger partial charge in [-0.2, -0.15) is 0 Å². The Balaban J connectivity index is 1.61. The Hall–Kier alpha value is -2.77. The number of benzene rings is 2. The van der Waals surface area contributed by atoms with Crippen LogP contribution < -0.4 is 4.90 Å². The Kier molecular flexibility index (Phi) is 4.63. The molecule has 0 saturated carbocycles. The first-order valence-electron chi connectivity index (χ1n) is 7.94. The minimum absolute atomic E-state index is 0.0132. The lowest BCUT2D eigenvalue weighted by molar-refractivity contribution is -0.113. The van der Waals surface area contributed by atoms with E-state index in [9.17, 15) is 14.7 Å². The van der Waals surface area contributed by atoms with Crippen molar-refractivity contribution >= 4 is 50.6 Å². The predicted octanol–water partition coefficient (Wildman–Crippen LogP) is 5.66. The third kappa shape index (κ3) is 3.56. The van der Waals surface area contributed by atoms with Crippen molar-refractivity contribution in [2.75, 3.05) is 4.90 Å². The predicted molar refractivity (Wildman–Crippen MR) is 108 cm³/mol. The van der Waals surface area contributed by atoms with Gasteiger partial charge in [0.25, 0.3) is 11.1 Å². The fraction of sp³-hybridized carbons (Fsp3) is 0. The van der Waals surface area contributed by atoms with Crippen molar-refractivity contribution in [2.24, 2.45) is 0 Å². The molecule has 1 aliphatic heterocycles. The van der Waals surface area contributed by atoms with Gasteiger partial charge in [-0.3, -0.25) is 9.59 Å². The maximum atomic E-state index is 12.6. The summed E-state index contributed by atoms with van der Waals surface area (Å²) in [5.41, 5.74) is 1.24. The molecule has 5 nitrogen and oxygen atoms in total. The Labute approximate surface area is 167 Å². The molecule has 1 aromatic heterocycles. The number of carbonyl (C=O) groups is 2. The van der Waals surface area contributed by atoms with Crippen molar-refractivity contribution in [3.63, 3.8) is 0 Å². The number of hydrogen-bond donors (Lipinski definition) is 1. The lowest BCUT2D eigenvalue weighted by Gasteiger charge is -2.12. The van der Waals surface area contributed by atoms with E-state index in [1.807, 2.05) is 30.3 Å². The van der Waals surface area contributed by atoms with Crippen LogP contribution >= 0.6 is 27.7 Å². The maximum Gasteiger partial charge on any atom is 0.298 e. The van der Waals surface area contributed by atoms with Gasteiger partial charge < -0.3 is 9.52 Å². The molecule has 134 valence electrons. The van der Waals surface area contributed by atoms with Crippen LogP contribution in [0.3, 0.4) is 0 Å². The van der Waals surface area contributed by atoms with E-state index in [1.165, 1.54) is 12.1 Å². The highest BCUT2D eigenvalue weighted by Gasteiger charge is 2.36. The number of anilines is 1. The normalized spacial score (nSPS) is 15.7. The minimum atomic E-state index is -0.447. The number of amides is 2. The number of nitrogens with zero attached hydrogens (tertiary/aromatic N) is 1. The topological polar surface area (TPSA) is 70.8 Å². The molecule has 1 saturated heterocycles. The number of thioether (sulfide) groups is 1. The van der Waals surface area contributed by atoms with Crippen LogP contribution in [0, 0.1) is 0 Å². The molecule has 3 aromatic rings. The van der Waals surface area contributed by atoms with E-state index in [0.717, 1.165) is 26.7 Å². The molecule has 7 heteroatoms. The quantitative estimate of drug-likeness (QED) is 0.531. The van der Waals surface area contributed by atoms with E-state index >= 15 is 0 Å². The summed E-state index contributed by atoms with van der Waals surface area (Å²) in [4.78, 5) is 26.2. The van der Waals surface area contributed by atoms with E-state index in [4.69, 9.17) is 4.42 Å². The van der Waals surface area contributed by atoms with E-state index in [2.05, 4.69) is 15.9 Å². The lowest BCUT2D eigenvalue weighted by Crippen LogP contribution is -2.27. The number of carbonyl (C=O) groups excluding carboxylic acids is 2. The Morgan fingerprint density at radius 1 is 1.04 bits per heavy atom. The number of furan rings is 1. The summed E-state index contributed by atoms with van der Waals surface area (Å²) in [7, 11) is 0. The van der Waals surface area contributed by atoms with Crippen LogP contribution in [0.1, 0.15) is 5.76 Å². The summed E-state index contributed by atoms with van der Waals surface area (Å²) in [5.74, 6) is 0.688. The number of rotatable bonds is 3. The van der Waals surface area contributed by atoms with Crippen molar-refractivity contribution in [1.82, 2.24) is 0 Å². The molecule has 2 heterocycles. The van der Waals surface area contributed by atoms with Gasteiger partial charge in [0.15, 0.2) is 0 Å². The number of phenolic OH excluding ortho intramolecular Hbond substituents is 1. The van der Waals surface area contributed by atoms with Crippen LogP contribution in [-0.2, 0) is 4.79 Å². The van der Waals surface area contributed by atoms with Gasteiger partial charge in [-0.25, -0.2) is 4.90 Å². The number of phenols is 1. The van der Waals surface area contributed by atoms with Crippen molar-refractivity contribution < 1.29 is 19.1 Å². The SMILES string of the molecule is O=C1S/C(=C/c2ccc(-c3ccc(Br)cc3)o2)C(=O)N1c1cccc(O)c1. The molecule has 27 heavy (non-hydrogen) atoms. The molecule has 2 amide bonds. The first kappa shape index (κ1) is 17.6. The zero-order valence-corrected chi connectivity index (χ0v) is 16.2. The number of aromatic hydroxyl groups is 1. The summed E-state index contributed by atoms with van der Waals surface area (Å²) in [6, 6.07) is 17.3. The second-order valence-electron chi connectivity index (χ2n) is 5.75. The molecule has 0 unspecified atom stereocenters. The summed E-state index contributed by atoms with van der Waals surface area (Å²) >= 11 is 4.23. The van der Waals surface area contributed by atoms with Gasteiger partial charge in [0.1, 0.15) is 17.3 Å². The molecule has 0 spiro atoms. The summed E-state index contributed by atoms with van der Waals surface area (Å²) in [6.07, 6.45) is 1.55. The summed E-state index contributed by atoms with van der Waals surface area (Å²) in [5, 5.41) is 9.17. The monoisotopic (exact) mass is 441 g/mol. The largest absolute Gasteiger partial charge is 0.508 e. The number of hydrogen-bond acceptors (Lipinski definition) is 5. The Morgan fingerprint density at radius 2 is 1.81 bits per heavy atom. The van der Waals surface area contributed by atoms with Gasteiger partial charge in [-0.15, -0.1) is 0 Å². The van der Waals surface area contributed by atoms with Gasteiger partial charge in [0, 0.05) is 22.2 Å². The van der Waals surface area contributed by atoms with Crippen molar-refractivity contribution in [3.05, 3.63) is 75.8 Å². The molecule has 2 aromatic carbocycles. The fourth-order valence-corrected chi connectivity index (χ4v) is 3.74. The molecule has 0 bridgehead atoms. The van der Waals surface area contributed by atoms with E-state index in [-0.39, 0.29) is 10.7 Å². The second kappa shape index (κ2) is 7.09. The lowest BCUT2D eigenvalue weighted by atomic mass is 10.2. The molecule has 1 fully saturated rings. The van der Waals surface area contributed by atoms with Crippen molar-refractivity contribution in [3.8, 4) is 17.1 Å². The van der Waals surface area contributed by atoms with Crippen molar-refractivity contribution in [1.29, 1.82) is 0 Å². The molecular weight excluding hydrogens is 430 g/mol. The zero-order valence-electron chi connectivity index (χ0n) is 13.8. The Bertz CT molecular complexity index is 1070. The van der Waals surface area contributed by atoms with Gasteiger partial charge in [0.2, 0.25) is 0 Å². The molecule has 4 rings (SSSR count). The average molecular weight is 442 g/mol. The van der Waals surface area contributed by atoms with Gasteiger partial charge in [-0.1, -0.05) is 34.1 Å². The van der Waals surface area contributed by atoms with E-state index in [0.29, 0.717) is 17.2 Å². The summed E-state index contributed by atoms with van der Waals surface area (Å²) in [6.45, 7) is 0. The van der Waals surface area contributed by atoms with Crippen LogP contribution in [0.5, 0.6) is 5.75 Å². The first-order valence-corrected chi connectivity index (χ1v) is 9.55. The smallest absolute Gasteiger partial charge is 0.298 e. The maximum absolute atomic E-state index is 12.6. The van der Waals surface area contributed by atoms with Crippen LogP contribution in [0.2, 0.25) is 0 Å². The van der Waals surface area contributed by atoms with Gasteiger partial charge in [-0.05, 0) is 48.2 Å². The van der Waals surface area contributed by atoms with Crippen LogP contribution in [0.15, 0.2) is 74.5 Å². The minimum Gasteiger partial charge on any atom is -0.508 e. The Morgan fingerprint density at radius 3 is 2.56 bits per heavy atom. The number of imide groups is 1. The third-order valence-electron chi connectivity index (χ3n) is 3.91. The highest BCUT2D eigenvalue weighted by molar-refractivity contribution is 9.10. The average Bonchev–Trinajstić information content (AvgIpc) is 3.21. The highest BCUT2D eigenvalue weighted by Crippen LogP contribution is 2.37. The third-order valence-corrected chi connectivity index (χ3v) is 5.31. The molecule has 0 aliphatic carbocycles. The molecule has 0 radical (unpaired) electrons. The summed E-state index contributed by atoms with van der Waals surface area (Å²) < 4.78 is 6.76. The van der Waals surface area contributed by atoms with Gasteiger partial charge in [0.05, 0.1) is 10.6 Å². The fourth-order valence-electron chi connectivity index (χ4n) is 2.65. The number of halogens is 1. The zero-order chi connectivity index (χ0) is 19.0. The molecule has 1 aliphatic rings. The molecule has 0 atom stereocenters.